The first kappa shape index (κ1) is 99.2. The van der Waals surface area contributed by atoms with Gasteiger partial charge in [-0.15, -0.1) is 34.0 Å². The summed E-state index contributed by atoms with van der Waals surface area (Å²) in [7, 11) is 0. The molecule has 147 heavy (non-hydrogen) atoms. The Balaban J connectivity index is 0.0000000974. The maximum absolute atomic E-state index is 6.20. The zero-order valence-electron chi connectivity index (χ0n) is 77.9. The summed E-state index contributed by atoms with van der Waals surface area (Å²) >= 11 is 21.5. The minimum absolute atomic E-state index is 0.743. The van der Waals surface area contributed by atoms with Gasteiger partial charge in [0.25, 0.3) is 0 Å². The van der Waals surface area contributed by atoms with Gasteiger partial charge in [-0.2, -0.15) is 0 Å². The van der Waals surface area contributed by atoms with E-state index >= 15 is 0 Å². The summed E-state index contributed by atoms with van der Waals surface area (Å²) in [6, 6.07) is 159. The number of para-hydroxylation sites is 10. The summed E-state index contributed by atoms with van der Waals surface area (Å²) in [5.41, 5.74) is 14.0. The van der Waals surface area contributed by atoms with E-state index in [0.29, 0.717) is 0 Å². The maximum Gasteiger partial charge on any atom is 0.177 e. The summed E-state index contributed by atoms with van der Waals surface area (Å²) < 4.78 is 69.9. The second-order valence-electron chi connectivity index (χ2n) is 34.2. The summed E-state index contributed by atoms with van der Waals surface area (Å²) in [5, 5.41) is 12.2. The number of hydrogen-bond acceptors (Lipinski definition) is 12. The van der Waals surface area contributed by atoms with E-state index in [0.717, 1.165) is 162 Å². The lowest BCUT2D eigenvalue weighted by Crippen LogP contribution is -1.90. The Morgan fingerprint density at radius 1 is 0.177 bits per heavy atom. The fraction of sp³-hybridized carbons (Fsp3) is 0.0156. The molecular weight excluding hydrogens is 2670 g/mol. The average molecular weight is 2750 g/mol. The molecule has 2 aliphatic carbocycles. The first-order valence-electron chi connectivity index (χ1n) is 47.2. The largest absolute Gasteiger partial charge is 0.456 e. The number of ether oxygens (including phenoxy) is 7. The lowest BCUT2D eigenvalue weighted by molar-refractivity contribution is 0.473. The van der Waals surface area contributed by atoms with E-state index in [9.17, 15) is 0 Å². The minimum Gasteiger partial charge on any atom is -0.456 e. The molecule has 0 saturated heterocycles. The molecule has 0 amide bonds. The minimum atomic E-state index is 0.743. The average Bonchev–Trinajstić information content (AvgIpc) is 1.66. The molecule has 2 aliphatic rings. The Morgan fingerprint density at radius 3 is 0.959 bits per heavy atom. The van der Waals surface area contributed by atoms with Crippen LogP contribution in [0, 0.1) is 25.0 Å². The van der Waals surface area contributed by atoms with Gasteiger partial charge in [-0.25, -0.2) is 0 Å². The molecule has 21 aromatic carbocycles. The quantitative estimate of drug-likeness (QED) is 0.0987. The Morgan fingerprint density at radius 2 is 0.469 bits per heavy atom. The van der Waals surface area contributed by atoms with Crippen LogP contribution in [-0.2, 0) is 12.8 Å². The third-order valence-electron chi connectivity index (χ3n) is 24.8. The number of fused-ring (bicyclic) bond motifs is 21. The second-order valence-corrected chi connectivity index (χ2v) is 45.6. The van der Waals surface area contributed by atoms with Crippen molar-refractivity contribution in [1.82, 2.24) is 0 Å². The standard InChI is InChI=1S/2C19H13IO.2C18H11IO2.3C18H11IOS/c2*20-16-9-3-4-10-17(16)21-18-11-5-7-14-12-13-6-1-2-8-15(13)19(14)18;19-14-8-2-4-10-16(14)20-17-11-5-7-13-12-6-1-3-9-15(12)21-18(13)17;19-15-6-2-4-8-17(15)20-12-9-10-14-13-5-1-3-7-16(13)21-18(14)11-12;19-14-8-2-3-9-15(14)20-16-10-5-7-13-12-6-1-4-11-17(12)21-18(13)16;19-15-6-2-3-7-16(15)20-12-9-10-18-14(11-12)13-5-1-4-8-17(13)21-18;19-15-6-2-3-7-16(15)20-12-9-10-14-13-5-1-4-8-17(13)21-18(14)11-12/h2*1-11H,12H2;5*1-11H. The molecule has 28 rings (SSSR count). The number of hydrogen-bond donors (Lipinski definition) is 0. The topological polar surface area (TPSA) is 90.9 Å². The molecule has 714 valence electrons. The van der Waals surface area contributed by atoms with Crippen LogP contribution in [0.15, 0.2) is 476 Å². The van der Waals surface area contributed by atoms with E-state index in [4.69, 9.17) is 42.0 Å². The molecular formula is C128H81I7O9S3. The SMILES string of the molecule is Ic1ccccc1Oc1ccc2c(c1)oc1ccccc12.Ic1ccccc1Oc1ccc2c(c1)sc1ccccc12.Ic1ccccc1Oc1ccc2sc3ccccc3c2c1.Ic1ccccc1Oc1cccc2c1-c1ccccc1C2.Ic1ccccc1Oc1cccc2c1-c1ccccc1C2.Ic1ccccc1Oc1cccc2c1oc1ccccc12.Ic1ccccc1Oc1cccc2c1sc1ccccc12. The number of thiophene rings is 3. The molecule has 0 radical (unpaired) electrons. The fourth-order valence-electron chi connectivity index (χ4n) is 17.9. The highest BCUT2D eigenvalue weighted by Gasteiger charge is 2.26. The van der Waals surface area contributed by atoms with Gasteiger partial charge < -0.3 is 42.0 Å². The van der Waals surface area contributed by atoms with Crippen molar-refractivity contribution < 1.29 is 42.0 Å². The Hall–Kier alpha value is -12.4. The number of benzene rings is 21. The van der Waals surface area contributed by atoms with E-state index in [1.807, 2.05) is 253 Å². The third kappa shape index (κ3) is 22.5. The van der Waals surface area contributed by atoms with Crippen LogP contribution in [0.3, 0.4) is 0 Å². The Labute approximate surface area is 956 Å². The lowest BCUT2D eigenvalue weighted by atomic mass is 10.0. The van der Waals surface area contributed by atoms with Crippen LogP contribution in [0.5, 0.6) is 80.5 Å². The van der Waals surface area contributed by atoms with Crippen molar-refractivity contribution in [1.29, 1.82) is 0 Å². The molecule has 0 spiro atoms. The van der Waals surface area contributed by atoms with Gasteiger partial charge in [0.15, 0.2) is 11.3 Å². The first-order valence-corrected chi connectivity index (χ1v) is 57.2. The van der Waals surface area contributed by atoms with Gasteiger partial charge in [-0.3, -0.25) is 0 Å². The highest BCUT2D eigenvalue weighted by Crippen LogP contribution is 2.50. The van der Waals surface area contributed by atoms with E-state index in [-0.39, 0.29) is 0 Å². The monoisotopic (exact) mass is 2750 g/mol. The zero-order valence-corrected chi connectivity index (χ0v) is 95.5. The molecule has 5 heterocycles. The summed E-state index contributed by atoms with van der Waals surface area (Å²) in [4.78, 5) is 0. The van der Waals surface area contributed by atoms with E-state index < -0.39 is 0 Å². The number of furan rings is 2. The smallest absolute Gasteiger partial charge is 0.177 e. The van der Waals surface area contributed by atoms with Crippen LogP contribution >= 0.6 is 192 Å². The van der Waals surface area contributed by atoms with Crippen LogP contribution in [0.2, 0.25) is 0 Å². The van der Waals surface area contributed by atoms with Gasteiger partial charge in [0, 0.05) is 94.6 Å². The van der Waals surface area contributed by atoms with Crippen LogP contribution in [0.1, 0.15) is 22.3 Å². The predicted molar refractivity (Wildman–Crippen MR) is 669 cm³/mol. The molecule has 0 fully saturated rings. The summed E-state index contributed by atoms with van der Waals surface area (Å²) in [6.45, 7) is 0. The zero-order chi connectivity index (χ0) is 99.6. The Bertz CT molecular complexity index is 8870. The van der Waals surface area contributed by atoms with Crippen molar-refractivity contribution >= 4 is 297 Å². The van der Waals surface area contributed by atoms with Crippen molar-refractivity contribution in [3.8, 4) is 103 Å². The van der Waals surface area contributed by atoms with E-state index in [1.54, 1.807) is 11.3 Å². The third-order valence-corrected chi connectivity index (χ3v) is 34.5. The summed E-state index contributed by atoms with van der Waals surface area (Å²) in [5.74, 6) is 12.3. The van der Waals surface area contributed by atoms with Crippen molar-refractivity contribution in [3.63, 3.8) is 0 Å². The normalized spacial score (nSPS) is 11.3. The van der Waals surface area contributed by atoms with Crippen LogP contribution in [0.25, 0.3) is 127 Å². The molecule has 5 aromatic heterocycles. The highest BCUT2D eigenvalue weighted by atomic mass is 127. The Kier molecular flexibility index (Phi) is 31.1. The maximum atomic E-state index is 6.20. The van der Waals surface area contributed by atoms with E-state index in [2.05, 4.69) is 395 Å². The molecule has 19 heteroatoms. The van der Waals surface area contributed by atoms with Gasteiger partial charge in [-0.1, -0.05) is 273 Å². The van der Waals surface area contributed by atoms with E-state index in [1.165, 1.54) is 105 Å². The van der Waals surface area contributed by atoms with Gasteiger partial charge >= 0.3 is 0 Å². The lowest BCUT2D eigenvalue weighted by Gasteiger charge is -2.12. The molecule has 26 aromatic rings. The van der Waals surface area contributed by atoms with Crippen molar-refractivity contribution in [2.75, 3.05) is 0 Å². The second kappa shape index (κ2) is 46.1. The number of halogens is 7. The first-order chi connectivity index (χ1) is 72.2. The van der Waals surface area contributed by atoms with Gasteiger partial charge in [0.05, 0.1) is 29.7 Å². The molecule has 0 aliphatic heterocycles. The molecule has 0 atom stereocenters. The fourth-order valence-corrected chi connectivity index (χ4v) is 24.8. The molecule has 0 unspecified atom stereocenters. The molecule has 0 bridgehead atoms. The summed E-state index contributed by atoms with van der Waals surface area (Å²) in [6.07, 6.45) is 1.99. The van der Waals surface area contributed by atoms with Gasteiger partial charge in [-0.05, 0) is 392 Å². The predicted octanol–water partition coefficient (Wildman–Crippen LogP) is 42.6. The number of rotatable bonds is 14. The molecule has 9 nitrogen and oxygen atoms in total. The van der Waals surface area contributed by atoms with Crippen molar-refractivity contribution in [3.05, 3.63) is 514 Å². The molecule has 0 saturated carbocycles. The van der Waals surface area contributed by atoms with Gasteiger partial charge in [0.1, 0.15) is 91.5 Å². The van der Waals surface area contributed by atoms with Crippen LogP contribution in [0.4, 0.5) is 0 Å². The van der Waals surface area contributed by atoms with Gasteiger partial charge in [0.2, 0.25) is 0 Å². The molecule has 0 N–H and O–H groups in total. The van der Waals surface area contributed by atoms with Crippen molar-refractivity contribution in [2.24, 2.45) is 0 Å². The van der Waals surface area contributed by atoms with Crippen LogP contribution in [-0.4, -0.2) is 0 Å². The highest BCUT2D eigenvalue weighted by molar-refractivity contribution is 14.1. The van der Waals surface area contributed by atoms with Crippen LogP contribution < -0.4 is 33.2 Å². The van der Waals surface area contributed by atoms with Crippen molar-refractivity contribution in [2.45, 2.75) is 12.8 Å².